The van der Waals surface area contributed by atoms with Crippen LogP contribution < -0.4 is 0 Å². The molecule has 0 radical (unpaired) electrons. The van der Waals surface area contributed by atoms with Crippen LogP contribution in [0.15, 0.2) is 83.5 Å². The number of rotatable bonds is 3. The first-order chi connectivity index (χ1) is 11.3. The summed E-state index contributed by atoms with van der Waals surface area (Å²) in [5, 5.41) is 4.59. The Morgan fingerprint density at radius 3 is 2.09 bits per heavy atom. The van der Waals surface area contributed by atoms with Crippen molar-refractivity contribution in [3.8, 4) is 0 Å². The smallest absolute Gasteiger partial charge is 0.221 e. The van der Waals surface area contributed by atoms with Crippen LogP contribution in [0.1, 0.15) is 16.1 Å². The van der Waals surface area contributed by atoms with E-state index in [1.165, 1.54) is 6.26 Å². The number of furan rings is 1. The summed E-state index contributed by atoms with van der Waals surface area (Å²) in [7, 11) is 0. The molecule has 1 heterocycles. The van der Waals surface area contributed by atoms with E-state index in [1.807, 2.05) is 30.3 Å². The quantitative estimate of drug-likeness (QED) is 0.285. The Balaban J connectivity index is 1.91. The molecular weight excluding hydrogens is 284 g/mol. The number of ketones is 1. The van der Waals surface area contributed by atoms with Crippen LogP contribution in [0.4, 0.5) is 0 Å². The van der Waals surface area contributed by atoms with Gasteiger partial charge >= 0.3 is 0 Å². The Bertz CT molecular complexity index is 970. The standard InChI is InChI=1S/C21H14O2/c22-20(21-10-5-13-23-21)12-11-19-17-8-3-1-6-15(17)14-16-7-2-4-9-18(16)19/h1-14H. The Morgan fingerprint density at radius 1 is 0.826 bits per heavy atom. The van der Waals surface area contributed by atoms with E-state index in [0.717, 1.165) is 27.1 Å². The van der Waals surface area contributed by atoms with Gasteiger partial charge in [-0.15, -0.1) is 0 Å². The number of allylic oxidation sites excluding steroid dienone is 1. The molecule has 110 valence electrons. The largest absolute Gasteiger partial charge is 0.461 e. The van der Waals surface area contributed by atoms with Crippen molar-refractivity contribution in [1.82, 2.24) is 0 Å². The molecule has 0 bridgehead atoms. The second-order valence-corrected chi connectivity index (χ2v) is 5.41. The second kappa shape index (κ2) is 5.58. The van der Waals surface area contributed by atoms with Crippen molar-refractivity contribution in [3.05, 3.63) is 90.4 Å². The van der Waals surface area contributed by atoms with Crippen LogP contribution >= 0.6 is 0 Å². The molecule has 2 heteroatoms. The van der Waals surface area contributed by atoms with Gasteiger partial charge in [0.15, 0.2) is 5.76 Å². The van der Waals surface area contributed by atoms with Gasteiger partial charge in [0.25, 0.3) is 0 Å². The highest BCUT2D eigenvalue weighted by atomic mass is 16.3. The van der Waals surface area contributed by atoms with Crippen molar-refractivity contribution in [2.75, 3.05) is 0 Å². The zero-order valence-electron chi connectivity index (χ0n) is 12.4. The first-order valence-electron chi connectivity index (χ1n) is 7.49. The van der Waals surface area contributed by atoms with Gasteiger partial charge < -0.3 is 4.42 Å². The Labute approximate surface area is 133 Å². The summed E-state index contributed by atoms with van der Waals surface area (Å²) in [5.74, 6) is 0.220. The van der Waals surface area contributed by atoms with E-state index in [2.05, 4.69) is 30.3 Å². The summed E-state index contributed by atoms with van der Waals surface area (Å²) in [6, 6.07) is 22.0. The van der Waals surface area contributed by atoms with E-state index in [9.17, 15) is 4.79 Å². The Hall–Kier alpha value is -3.13. The van der Waals surface area contributed by atoms with Crippen LogP contribution in [-0.2, 0) is 0 Å². The van der Waals surface area contributed by atoms with E-state index >= 15 is 0 Å². The van der Waals surface area contributed by atoms with Crippen LogP contribution in [0.5, 0.6) is 0 Å². The molecule has 0 saturated carbocycles. The molecule has 3 aromatic carbocycles. The van der Waals surface area contributed by atoms with Crippen LogP contribution in [0.3, 0.4) is 0 Å². The average molecular weight is 298 g/mol. The van der Waals surface area contributed by atoms with Crippen LogP contribution in [-0.4, -0.2) is 5.78 Å². The lowest BCUT2D eigenvalue weighted by atomic mass is 9.96. The summed E-state index contributed by atoms with van der Waals surface area (Å²) in [6.45, 7) is 0. The van der Waals surface area contributed by atoms with Crippen molar-refractivity contribution in [2.45, 2.75) is 0 Å². The third-order valence-electron chi connectivity index (χ3n) is 3.98. The summed E-state index contributed by atoms with van der Waals surface area (Å²) in [4.78, 5) is 12.2. The molecule has 4 rings (SSSR count). The predicted molar refractivity (Wildman–Crippen MR) is 93.5 cm³/mol. The van der Waals surface area contributed by atoms with Crippen LogP contribution in [0.25, 0.3) is 27.6 Å². The fourth-order valence-corrected chi connectivity index (χ4v) is 2.89. The molecule has 0 aliphatic rings. The van der Waals surface area contributed by atoms with Gasteiger partial charge in [0.2, 0.25) is 5.78 Å². The normalized spacial score (nSPS) is 11.5. The third kappa shape index (κ3) is 2.44. The monoisotopic (exact) mass is 298 g/mol. The molecule has 0 spiro atoms. The zero-order valence-corrected chi connectivity index (χ0v) is 12.4. The zero-order chi connectivity index (χ0) is 15.6. The number of benzene rings is 3. The molecule has 0 N–H and O–H groups in total. The first kappa shape index (κ1) is 13.5. The van der Waals surface area contributed by atoms with Crippen molar-refractivity contribution in [1.29, 1.82) is 0 Å². The average Bonchev–Trinajstić information content (AvgIpc) is 3.13. The minimum absolute atomic E-state index is 0.132. The first-order valence-corrected chi connectivity index (χ1v) is 7.49. The Kier molecular flexibility index (Phi) is 3.28. The molecule has 23 heavy (non-hydrogen) atoms. The van der Waals surface area contributed by atoms with Crippen molar-refractivity contribution in [2.24, 2.45) is 0 Å². The lowest BCUT2D eigenvalue weighted by molar-refractivity contribution is 0.102. The lowest BCUT2D eigenvalue weighted by Gasteiger charge is -2.08. The van der Waals surface area contributed by atoms with Crippen LogP contribution in [0, 0.1) is 0 Å². The van der Waals surface area contributed by atoms with E-state index in [1.54, 1.807) is 18.2 Å². The highest BCUT2D eigenvalue weighted by Gasteiger charge is 2.07. The number of fused-ring (bicyclic) bond motifs is 2. The maximum atomic E-state index is 12.2. The molecule has 0 unspecified atom stereocenters. The summed E-state index contributed by atoms with van der Waals surface area (Å²) >= 11 is 0. The molecular formula is C21H14O2. The highest BCUT2D eigenvalue weighted by Crippen LogP contribution is 2.29. The topological polar surface area (TPSA) is 30.2 Å². The summed E-state index contributed by atoms with van der Waals surface area (Å²) in [6.07, 6.45) is 4.97. The number of hydrogen-bond acceptors (Lipinski definition) is 2. The van der Waals surface area contributed by atoms with E-state index in [4.69, 9.17) is 4.42 Å². The maximum absolute atomic E-state index is 12.2. The number of carbonyl (C=O) groups is 1. The molecule has 0 fully saturated rings. The highest BCUT2D eigenvalue weighted by molar-refractivity contribution is 6.11. The maximum Gasteiger partial charge on any atom is 0.221 e. The summed E-state index contributed by atoms with van der Waals surface area (Å²) in [5.41, 5.74) is 1.05. The van der Waals surface area contributed by atoms with E-state index in [-0.39, 0.29) is 5.78 Å². The number of hydrogen-bond donors (Lipinski definition) is 0. The van der Waals surface area contributed by atoms with Gasteiger partial charge in [-0.25, -0.2) is 0 Å². The SMILES string of the molecule is O=C(C=Cc1c2ccccc2cc2ccccc12)c1ccco1. The molecule has 0 aliphatic heterocycles. The van der Waals surface area contributed by atoms with Crippen molar-refractivity contribution < 1.29 is 9.21 Å². The summed E-state index contributed by atoms with van der Waals surface area (Å²) < 4.78 is 5.16. The van der Waals surface area contributed by atoms with Crippen molar-refractivity contribution in [3.63, 3.8) is 0 Å². The predicted octanol–water partition coefficient (Wildman–Crippen LogP) is 5.48. The fourth-order valence-electron chi connectivity index (χ4n) is 2.89. The van der Waals surface area contributed by atoms with Gasteiger partial charge in [0, 0.05) is 0 Å². The molecule has 2 nitrogen and oxygen atoms in total. The van der Waals surface area contributed by atoms with Crippen LogP contribution in [0.2, 0.25) is 0 Å². The number of carbonyl (C=O) groups excluding carboxylic acids is 1. The lowest BCUT2D eigenvalue weighted by Crippen LogP contribution is -1.91. The fraction of sp³-hybridized carbons (Fsp3) is 0. The molecule has 0 aliphatic carbocycles. The van der Waals surface area contributed by atoms with Gasteiger partial charge in [-0.05, 0) is 57.5 Å². The van der Waals surface area contributed by atoms with E-state index < -0.39 is 0 Å². The minimum atomic E-state index is -0.132. The molecule has 0 amide bonds. The molecule has 0 saturated heterocycles. The van der Waals surface area contributed by atoms with Crippen molar-refractivity contribution >= 4 is 33.4 Å². The Morgan fingerprint density at radius 2 is 1.48 bits per heavy atom. The second-order valence-electron chi connectivity index (χ2n) is 5.41. The van der Waals surface area contributed by atoms with Gasteiger partial charge in [-0.1, -0.05) is 48.5 Å². The molecule has 4 aromatic rings. The van der Waals surface area contributed by atoms with Gasteiger partial charge in [0.05, 0.1) is 6.26 Å². The molecule has 1 aromatic heterocycles. The van der Waals surface area contributed by atoms with Gasteiger partial charge in [-0.2, -0.15) is 0 Å². The van der Waals surface area contributed by atoms with Gasteiger partial charge in [0.1, 0.15) is 0 Å². The van der Waals surface area contributed by atoms with E-state index in [0.29, 0.717) is 5.76 Å². The van der Waals surface area contributed by atoms with Gasteiger partial charge in [-0.3, -0.25) is 4.79 Å². The molecule has 0 atom stereocenters. The third-order valence-corrected chi connectivity index (χ3v) is 3.98. The minimum Gasteiger partial charge on any atom is -0.461 e.